The fourth-order valence-corrected chi connectivity index (χ4v) is 2.37. The third kappa shape index (κ3) is 9.70. The second kappa shape index (κ2) is 10.6. The number of likely N-dealkylation sites (N-methyl/N-ethyl adjacent to an activating group) is 1. The zero-order valence-electron chi connectivity index (χ0n) is 14.6. The Morgan fingerprint density at radius 2 is 1.50 bits per heavy atom. The van der Waals surface area contributed by atoms with Gasteiger partial charge in [0.05, 0.1) is 5.60 Å². The first kappa shape index (κ1) is 19.8. The van der Waals surface area contributed by atoms with Gasteiger partial charge >= 0.3 is 0 Å². The molecule has 122 valence electrons. The average Bonchev–Trinajstić information content (AvgIpc) is 2.40. The molecule has 0 aliphatic rings. The van der Waals surface area contributed by atoms with Gasteiger partial charge in [-0.2, -0.15) is 0 Å². The van der Waals surface area contributed by atoms with Crippen molar-refractivity contribution in [1.29, 1.82) is 0 Å². The van der Waals surface area contributed by atoms with Gasteiger partial charge < -0.3 is 20.2 Å². The molecule has 0 rings (SSSR count). The molecule has 0 heterocycles. The van der Waals surface area contributed by atoms with Gasteiger partial charge in [-0.05, 0) is 46.1 Å². The van der Waals surface area contributed by atoms with Crippen LogP contribution >= 0.6 is 0 Å². The van der Waals surface area contributed by atoms with E-state index < -0.39 is 5.60 Å². The molecule has 0 aromatic rings. The van der Waals surface area contributed by atoms with Crippen molar-refractivity contribution in [2.75, 3.05) is 45.8 Å². The summed E-state index contributed by atoms with van der Waals surface area (Å²) in [4.78, 5) is 4.80. The minimum Gasteiger partial charge on any atom is -0.388 e. The molecular weight excluding hydrogens is 250 g/mol. The molecular formula is C16H37N3O. The minimum atomic E-state index is -0.657. The second-order valence-corrected chi connectivity index (χ2v) is 6.28. The lowest BCUT2D eigenvalue weighted by atomic mass is 10.1. The van der Waals surface area contributed by atoms with E-state index in [4.69, 9.17) is 0 Å². The van der Waals surface area contributed by atoms with Gasteiger partial charge in [-0.15, -0.1) is 0 Å². The molecule has 0 aromatic heterocycles. The normalized spacial score (nSPS) is 15.3. The Balaban J connectivity index is 4.06. The molecule has 0 radical (unpaired) electrons. The Hall–Kier alpha value is -0.160. The van der Waals surface area contributed by atoms with Crippen LogP contribution in [0.2, 0.25) is 0 Å². The first-order chi connectivity index (χ1) is 9.34. The molecule has 4 nitrogen and oxygen atoms in total. The third-order valence-electron chi connectivity index (χ3n) is 3.75. The van der Waals surface area contributed by atoms with Crippen LogP contribution in [0.25, 0.3) is 0 Å². The average molecular weight is 287 g/mol. The molecule has 1 atom stereocenters. The minimum absolute atomic E-state index is 0.416. The summed E-state index contributed by atoms with van der Waals surface area (Å²) < 4.78 is 0. The molecule has 1 unspecified atom stereocenters. The van der Waals surface area contributed by atoms with Gasteiger partial charge in [0.2, 0.25) is 0 Å². The quantitative estimate of drug-likeness (QED) is 0.574. The van der Waals surface area contributed by atoms with Crippen molar-refractivity contribution in [1.82, 2.24) is 15.1 Å². The number of nitrogens with one attached hydrogen (secondary N) is 1. The third-order valence-corrected chi connectivity index (χ3v) is 3.75. The maximum atomic E-state index is 10.5. The standard InChI is InChI=1S/C16H37N3O/c1-7-18(8-2)11-10-12-19(9-3)14-16(6,20)13-17-15(4)5/h15,17,20H,7-14H2,1-6H3. The van der Waals surface area contributed by atoms with Crippen LogP contribution in [0.4, 0.5) is 0 Å². The Morgan fingerprint density at radius 1 is 1.00 bits per heavy atom. The smallest absolute Gasteiger partial charge is 0.0869 e. The van der Waals surface area contributed by atoms with Crippen molar-refractivity contribution in [3.63, 3.8) is 0 Å². The SMILES string of the molecule is CCN(CC)CCCN(CC)CC(C)(O)CNC(C)C. The molecule has 0 fully saturated rings. The molecule has 0 saturated carbocycles. The van der Waals surface area contributed by atoms with E-state index in [-0.39, 0.29) is 0 Å². The summed E-state index contributed by atoms with van der Waals surface area (Å²) in [6, 6.07) is 0.416. The van der Waals surface area contributed by atoms with Crippen LogP contribution < -0.4 is 5.32 Å². The number of hydrogen-bond donors (Lipinski definition) is 2. The highest BCUT2D eigenvalue weighted by atomic mass is 16.3. The Morgan fingerprint density at radius 3 is 1.95 bits per heavy atom. The zero-order valence-corrected chi connectivity index (χ0v) is 14.6. The van der Waals surface area contributed by atoms with E-state index in [1.807, 2.05) is 6.92 Å². The highest BCUT2D eigenvalue weighted by Gasteiger charge is 2.23. The van der Waals surface area contributed by atoms with Crippen LogP contribution in [0, 0.1) is 0 Å². The highest BCUT2D eigenvalue weighted by Crippen LogP contribution is 2.07. The van der Waals surface area contributed by atoms with E-state index in [1.54, 1.807) is 0 Å². The highest BCUT2D eigenvalue weighted by molar-refractivity contribution is 4.80. The van der Waals surface area contributed by atoms with E-state index in [1.165, 1.54) is 6.42 Å². The Kier molecular flexibility index (Phi) is 10.5. The summed E-state index contributed by atoms with van der Waals surface area (Å²) in [5.41, 5.74) is -0.657. The maximum Gasteiger partial charge on any atom is 0.0869 e. The van der Waals surface area contributed by atoms with Crippen LogP contribution in [0.3, 0.4) is 0 Å². The van der Waals surface area contributed by atoms with Crippen LogP contribution in [0.15, 0.2) is 0 Å². The molecule has 0 aliphatic carbocycles. The van der Waals surface area contributed by atoms with Crippen molar-refractivity contribution in [2.24, 2.45) is 0 Å². The van der Waals surface area contributed by atoms with Crippen molar-refractivity contribution in [2.45, 2.75) is 59.6 Å². The number of rotatable bonds is 12. The number of aliphatic hydroxyl groups is 1. The molecule has 20 heavy (non-hydrogen) atoms. The molecule has 4 heteroatoms. The van der Waals surface area contributed by atoms with Gasteiger partial charge in [0.25, 0.3) is 0 Å². The molecule has 0 saturated heterocycles. The van der Waals surface area contributed by atoms with Gasteiger partial charge in [-0.1, -0.05) is 34.6 Å². The zero-order chi connectivity index (χ0) is 15.6. The van der Waals surface area contributed by atoms with E-state index in [9.17, 15) is 5.11 Å². The van der Waals surface area contributed by atoms with Gasteiger partial charge in [0.1, 0.15) is 0 Å². The predicted octanol–water partition coefficient (Wildman–Crippen LogP) is 1.79. The van der Waals surface area contributed by atoms with Gasteiger partial charge in [-0.3, -0.25) is 0 Å². The maximum absolute atomic E-state index is 10.5. The van der Waals surface area contributed by atoms with Crippen LogP contribution in [0.5, 0.6) is 0 Å². The molecule has 0 aromatic carbocycles. The lowest BCUT2D eigenvalue weighted by Crippen LogP contribution is -2.49. The monoisotopic (exact) mass is 287 g/mol. The lowest BCUT2D eigenvalue weighted by molar-refractivity contribution is 0.0191. The summed E-state index contributed by atoms with van der Waals surface area (Å²) >= 11 is 0. The molecule has 0 aliphatic heterocycles. The molecule has 2 N–H and O–H groups in total. The number of hydrogen-bond acceptors (Lipinski definition) is 4. The molecule has 0 spiro atoms. The van der Waals surface area contributed by atoms with Crippen LogP contribution in [0.1, 0.15) is 48.0 Å². The summed E-state index contributed by atoms with van der Waals surface area (Å²) in [7, 11) is 0. The van der Waals surface area contributed by atoms with Gasteiger partial charge in [0, 0.05) is 19.1 Å². The molecule has 0 amide bonds. The lowest BCUT2D eigenvalue weighted by Gasteiger charge is -2.32. The van der Waals surface area contributed by atoms with E-state index in [0.717, 1.165) is 39.3 Å². The van der Waals surface area contributed by atoms with Crippen molar-refractivity contribution >= 4 is 0 Å². The van der Waals surface area contributed by atoms with Crippen molar-refractivity contribution < 1.29 is 5.11 Å². The fraction of sp³-hybridized carbons (Fsp3) is 1.00. The molecule has 0 bridgehead atoms. The van der Waals surface area contributed by atoms with E-state index >= 15 is 0 Å². The van der Waals surface area contributed by atoms with Gasteiger partial charge in [0.15, 0.2) is 0 Å². The van der Waals surface area contributed by atoms with Crippen LogP contribution in [-0.4, -0.2) is 72.4 Å². The summed E-state index contributed by atoms with van der Waals surface area (Å²) in [5, 5.41) is 13.8. The largest absolute Gasteiger partial charge is 0.388 e. The van der Waals surface area contributed by atoms with Crippen LogP contribution in [-0.2, 0) is 0 Å². The first-order valence-corrected chi connectivity index (χ1v) is 8.25. The van der Waals surface area contributed by atoms with Crippen molar-refractivity contribution in [3.05, 3.63) is 0 Å². The Bertz CT molecular complexity index is 228. The summed E-state index contributed by atoms with van der Waals surface area (Å²) in [6.45, 7) is 19.6. The second-order valence-electron chi connectivity index (χ2n) is 6.28. The Labute approximate surface area is 126 Å². The predicted molar refractivity (Wildman–Crippen MR) is 88.3 cm³/mol. The number of nitrogens with zero attached hydrogens (tertiary/aromatic N) is 2. The van der Waals surface area contributed by atoms with Crippen molar-refractivity contribution in [3.8, 4) is 0 Å². The fourth-order valence-electron chi connectivity index (χ4n) is 2.37. The first-order valence-electron chi connectivity index (χ1n) is 8.25. The summed E-state index contributed by atoms with van der Waals surface area (Å²) in [6.07, 6.45) is 1.17. The van der Waals surface area contributed by atoms with E-state index in [0.29, 0.717) is 12.6 Å². The summed E-state index contributed by atoms with van der Waals surface area (Å²) in [5.74, 6) is 0. The topological polar surface area (TPSA) is 38.7 Å². The van der Waals surface area contributed by atoms with Gasteiger partial charge in [-0.25, -0.2) is 0 Å². The van der Waals surface area contributed by atoms with E-state index in [2.05, 4.69) is 49.7 Å².